The molecule has 186 valence electrons. The molecule has 0 radical (unpaired) electrons. The lowest BCUT2D eigenvalue weighted by Gasteiger charge is -2.36. The van der Waals surface area contributed by atoms with Crippen LogP contribution in [-0.4, -0.2) is 78.1 Å². The Morgan fingerprint density at radius 3 is 2.69 bits per heavy atom. The molecule has 2 aliphatic heterocycles. The third kappa shape index (κ3) is 5.67. The van der Waals surface area contributed by atoms with Crippen molar-refractivity contribution in [2.75, 3.05) is 51.5 Å². The molecule has 1 aromatic heterocycles. The number of morpholine rings is 1. The van der Waals surface area contributed by atoms with Crippen LogP contribution >= 0.6 is 0 Å². The number of hydrogen-bond acceptors (Lipinski definition) is 7. The molecule has 2 amide bonds. The number of carbonyl (C=O) groups excluding carboxylic acids is 1. The Morgan fingerprint density at radius 2 is 1.89 bits per heavy atom. The first kappa shape index (κ1) is 23.9. The van der Waals surface area contributed by atoms with Crippen molar-refractivity contribution in [3.8, 4) is 18.1 Å². The number of benzene rings is 2. The molecular weight excluding hydrogens is 458 g/mol. The lowest BCUT2D eigenvalue weighted by Crippen LogP contribution is -2.51. The summed E-state index contributed by atoms with van der Waals surface area (Å²) >= 11 is 0. The largest absolute Gasteiger partial charge is 0.468 e. The van der Waals surface area contributed by atoms with Gasteiger partial charge in [0.1, 0.15) is 17.9 Å². The molecule has 0 unspecified atom stereocenters. The highest BCUT2D eigenvalue weighted by Gasteiger charge is 2.27. The number of nitrogens with one attached hydrogen (secondary N) is 1. The third-order valence-corrected chi connectivity index (χ3v) is 6.42. The third-order valence-electron chi connectivity index (χ3n) is 6.42. The number of nitrogens with zero attached hydrogens (tertiary/aromatic N) is 4. The van der Waals surface area contributed by atoms with Crippen molar-refractivity contribution in [2.24, 2.45) is 0 Å². The van der Waals surface area contributed by atoms with Gasteiger partial charge in [-0.3, -0.25) is 0 Å². The topological polar surface area (TPSA) is 89.1 Å². The van der Waals surface area contributed by atoms with Gasteiger partial charge in [0.15, 0.2) is 6.79 Å². The predicted octanol–water partition coefficient (Wildman–Crippen LogP) is 3.62. The average Bonchev–Trinajstić information content (AvgIpc) is 2.94. The van der Waals surface area contributed by atoms with Crippen LogP contribution < -0.4 is 10.1 Å². The second-order valence-corrected chi connectivity index (χ2v) is 8.75. The number of hydrogen-bond donors (Lipinski definition) is 1. The molecule has 1 N–H and O–H groups in total. The first-order chi connectivity index (χ1) is 17.7. The van der Waals surface area contributed by atoms with Gasteiger partial charge < -0.3 is 29.3 Å². The normalized spacial score (nSPS) is 16.5. The minimum absolute atomic E-state index is 0.0585. The average molecular weight is 488 g/mol. The maximum absolute atomic E-state index is 12.6. The highest BCUT2D eigenvalue weighted by molar-refractivity contribution is 5.91. The van der Waals surface area contributed by atoms with E-state index in [1.54, 1.807) is 0 Å². The summed E-state index contributed by atoms with van der Waals surface area (Å²) in [4.78, 5) is 25.2. The molecule has 9 nitrogen and oxygen atoms in total. The fraction of sp³-hybridized carbons (Fsp3) is 0.370. The molecule has 2 aliphatic rings. The van der Waals surface area contributed by atoms with Gasteiger partial charge in [0.25, 0.3) is 0 Å². The summed E-state index contributed by atoms with van der Waals surface area (Å²) in [6, 6.07) is 13.4. The van der Waals surface area contributed by atoms with Crippen LogP contribution in [0.1, 0.15) is 18.4 Å². The zero-order chi connectivity index (χ0) is 24.7. The fourth-order valence-corrected chi connectivity index (χ4v) is 4.42. The van der Waals surface area contributed by atoms with Gasteiger partial charge in [-0.25, -0.2) is 14.8 Å². The molecule has 3 aromatic rings. The Hall–Kier alpha value is -3.87. The summed E-state index contributed by atoms with van der Waals surface area (Å²) in [7, 11) is 0. The number of fused-ring (bicyclic) bond motifs is 1. The highest BCUT2D eigenvalue weighted by Crippen LogP contribution is 2.27. The summed E-state index contributed by atoms with van der Waals surface area (Å²) in [5.74, 6) is 3.97. The maximum Gasteiger partial charge on any atom is 0.320 e. The van der Waals surface area contributed by atoms with E-state index in [1.165, 1.54) is 6.33 Å². The first-order valence-electron chi connectivity index (χ1n) is 12.1. The van der Waals surface area contributed by atoms with Gasteiger partial charge in [-0.05, 0) is 49.2 Å². The second-order valence-electron chi connectivity index (χ2n) is 8.75. The molecule has 2 fully saturated rings. The van der Waals surface area contributed by atoms with Crippen molar-refractivity contribution in [1.82, 2.24) is 19.8 Å². The Labute approximate surface area is 210 Å². The molecule has 0 saturated carbocycles. The SMILES string of the molecule is C#Cc1cccc(Nc2ncnc3ccc(OCOC4CCN(C(=O)N5CCOCC5)CC4)cc23)c1. The zero-order valence-corrected chi connectivity index (χ0v) is 20.1. The van der Waals surface area contributed by atoms with Gasteiger partial charge in [0, 0.05) is 42.8 Å². The van der Waals surface area contributed by atoms with Crippen molar-refractivity contribution in [1.29, 1.82) is 0 Å². The molecule has 0 atom stereocenters. The number of anilines is 2. The Kier molecular flexibility index (Phi) is 7.45. The summed E-state index contributed by atoms with van der Waals surface area (Å²) in [5.41, 5.74) is 2.43. The number of urea groups is 1. The van der Waals surface area contributed by atoms with Crippen LogP contribution in [0.2, 0.25) is 0 Å². The van der Waals surface area contributed by atoms with Gasteiger partial charge >= 0.3 is 6.03 Å². The molecule has 9 heteroatoms. The molecule has 2 aromatic carbocycles. The van der Waals surface area contributed by atoms with E-state index < -0.39 is 0 Å². The molecule has 0 aliphatic carbocycles. The molecule has 2 saturated heterocycles. The number of amides is 2. The van der Waals surface area contributed by atoms with Crippen molar-refractivity contribution < 1.29 is 19.0 Å². The molecule has 36 heavy (non-hydrogen) atoms. The summed E-state index contributed by atoms with van der Waals surface area (Å²) in [6.45, 7) is 4.05. The van der Waals surface area contributed by atoms with E-state index >= 15 is 0 Å². The fourth-order valence-electron chi connectivity index (χ4n) is 4.42. The van der Waals surface area contributed by atoms with Crippen LogP contribution in [-0.2, 0) is 9.47 Å². The van der Waals surface area contributed by atoms with Crippen LogP contribution in [0.5, 0.6) is 5.75 Å². The van der Waals surface area contributed by atoms with Crippen molar-refractivity contribution in [3.63, 3.8) is 0 Å². The molecule has 0 spiro atoms. The minimum atomic E-state index is 0.0585. The van der Waals surface area contributed by atoms with Crippen molar-refractivity contribution >= 4 is 28.4 Å². The monoisotopic (exact) mass is 487 g/mol. The van der Waals surface area contributed by atoms with Gasteiger partial charge in [-0.2, -0.15) is 0 Å². The van der Waals surface area contributed by atoms with E-state index in [0.29, 0.717) is 51.0 Å². The highest BCUT2D eigenvalue weighted by atomic mass is 16.7. The van der Waals surface area contributed by atoms with Crippen LogP contribution in [0.3, 0.4) is 0 Å². The van der Waals surface area contributed by atoms with Crippen LogP contribution in [0.25, 0.3) is 10.9 Å². The van der Waals surface area contributed by atoms with E-state index in [9.17, 15) is 4.79 Å². The smallest absolute Gasteiger partial charge is 0.320 e. The summed E-state index contributed by atoms with van der Waals surface area (Å²) < 4.78 is 17.2. The molecular formula is C27H29N5O4. The van der Waals surface area contributed by atoms with Gasteiger partial charge in [-0.1, -0.05) is 12.0 Å². The quantitative estimate of drug-likeness (QED) is 0.420. The van der Waals surface area contributed by atoms with Gasteiger partial charge in [-0.15, -0.1) is 6.42 Å². The lowest BCUT2D eigenvalue weighted by molar-refractivity contribution is -0.0572. The molecule has 5 rings (SSSR count). The van der Waals surface area contributed by atoms with E-state index in [1.807, 2.05) is 52.3 Å². The molecule has 0 bridgehead atoms. The number of likely N-dealkylation sites (tertiary alicyclic amines) is 1. The van der Waals surface area contributed by atoms with Gasteiger partial charge in [0.05, 0.1) is 24.8 Å². The zero-order valence-electron chi connectivity index (χ0n) is 20.1. The van der Waals surface area contributed by atoms with Crippen molar-refractivity contribution in [3.05, 3.63) is 54.4 Å². The number of ether oxygens (including phenoxy) is 3. The maximum atomic E-state index is 12.6. The number of rotatable bonds is 6. The standard InChI is InChI=1S/C27H29N5O4/c1-2-20-4-3-5-21(16-20)30-26-24-17-23(6-7-25(24)28-18-29-26)36-19-35-22-8-10-31(11-9-22)27(33)32-12-14-34-15-13-32/h1,3-7,16-18,22H,8-15,19H2,(H,28,29,30). The minimum Gasteiger partial charge on any atom is -0.468 e. The van der Waals surface area contributed by atoms with E-state index in [0.717, 1.165) is 35.0 Å². The number of carbonyl (C=O) groups is 1. The van der Waals surface area contributed by atoms with E-state index in [-0.39, 0.29) is 18.9 Å². The summed E-state index contributed by atoms with van der Waals surface area (Å²) in [6.07, 6.45) is 8.68. The van der Waals surface area contributed by atoms with Crippen LogP contribution in [0.15, 0.2) is 48.8 Å². The Morgan fingerprint density at radius 1 is 1.08 bits per heavy atom. The van der Waals surface area contributed by atoms with E-state index in [4.69, 9.17) is 20.6 Å². The van der Waals surface area contributed by atoms with Crippen LogP contribution in [0.4, 0.5) is 16.3 Å². The van der Waals surface area contributed by atoms with E-state index in [2.05, 4.69) is 21.2 Å². The number of piperidine rings is 1. The van der Waals surface area contributed by atoms with Gasteiger partial charge in [0.2, 0.25) is 0 Å². The predicted molar refractivity (Wildman–Crippen MR) is 136 cm³/mol. The number of aromatic nitrogens is 2. The first-order valence-corrected chi connectivity index (χ1v) is 12.1. The molecule has 3 heterocycles. The second kappa shape index (κ2) is 11.2. The number of terminal acetylenes is 1. The van der Waals surface area contributed by atoms with Crippen molar-refractivity contribution in [2.45, 2.75) is 18.9 Å². The Balaban J connectivity index is 1.15. The lowest BCUT2D eigenvalue weighted by atomic mass is 10.1. The summed E-state index contributed by atoms with van der Waals surface area (Å²) in [5, 5.41) is 4.15. The van der Waals surface area contributed by atoms with Crippen LogP contribution in [0, 0.1) is 12.3 Å². The Bertz CT molecular complexity index is 1250.